The molecular weight excluding hydrogens is 423 g/mol. The maximum atomic E-state index is 11.4. The van der Waals surface area contributed by atoms with Gasteiger partial charge in [-0.05, 0) is 12.8 Å². The summed E-state index contributed by atoms with van der Waals surface area (Å²) in [7, 11) is 1.73. The minimum absolute atomic E-state index is 0. The molecule has 1 aliphatic rings. The van der Waals surface area contributed by atoms with Gasteiger partial charge in [0.15, 0.2) is 5.96 Å². The molecule has 0 radical (unpaired) electrons. The number of hydrogen-bond donors (Lipinski definition) is 3. The Morgan fingerprint density at radius 1 is 1.25 bits per heavy atom. The quantitative estimate of drug-likeness (QED) is 0.198. The van der Waals surface area contributed by atoms with Crippen LogP contribution in [0.5, 0.6) is 0 Å². The van der Waals surface area contributed by atoms with E-state index in [0.29, 0.717) is 19.0 Å². The molecule has 1 saturated heterocycles. The molecule has 0 saturated carbocycles. The molecule has 1 atom stereocenters. The molecule has 0 bridgehead atoms. The first-order chi connectivity index (χ1) is 11.1. The van der Waals surface area contributed by atoms with E-state index in [1.165, 1.54) is 0 Å². The zero-order valence-corrected chi connectivity index (χ0v) is 17.4. The summed E-state index contributed by atoms with van der Waals surface area (Å²) in [6.45, 7) is 9.04. The fourth-order valence-electron chi connectivity index (χ4n) is 2.14. The zero-order valence-electron chi connectivity index (χ0n) is 15.1. The molecule has 1 rings (SSSR count). The highest BCUT2D eigenvalue weighted by Gasteiger charge is 2.15. The average Bonchev–Trinajstić information content (AvgIpc) is 3.05. The fourth-order valence-corrected chi connectivity index (χ4v) is 2.14. The van der Waals surface area contributed by atoms with Gasteiger partial charge in [0.25, 0.3) is 0 Å². The largest absolute Gasteiger partial charge is 0.381 e. The van der Waals surface area contributed by atoms with Crippen molar-refractivity contribution in [2.45, 2.75) is 26.7 Å². The van der Waals surface area contributed by atoms with E-state index in [0.717, 1.165) is 51.8 Å². The summed E-state index contributed by atoms with van der Waals surface area (Å²) in [6.07, 6.45) is 2.04. The number of carbonyl (C=O) groups is 1. The highest BCUT2D eigenvalue weighted by Crippen LogP contribution is 2.12. The maximum absolute atomic E-state index is 11.4. The van der Waals surface area contributed by atoms with E-state index < -0.39 is 0 Å². The number of ether oxygens (including phenoxy) is 2. The molecule has 24 heavy (non-hydrogen) atoms. The van der Waals surface area contributed by atoms with Crippen LogP contribution in [-0.4, -0.2) is 65.0 Å². The molecule has 0 aromatic carbocycles. The standard InChI is InChI=1S/C16H32N4O3.HI/c1-13(2)15(21)18-7-8-20-16(17-3)19-6-4-9-22-11-14-5-10-23-12-14;/h13-14H,4-12H2,1-3H3,(H,18,21)(H2,17,19,20);1H. The summed E-state index contributed by atoms with van der Waals surface area (Å²) in [5.74, 6) is 1.40. The Balaban J connectivity index is 0.00000529. The van der Waals surface area contributed by atoms with Gasteiger partial charge >= 0.3 is 0 Å². The number of guanidine groups is 1. The third kappa shape index (κ3) is 11.0. The second-order valence-electron chi connectivity index (χ2n) is 6.03. The number of amides is 1. The van der Waals surface area contributed by atoms with Crippen LogP contribution in [0.25, 0.3) is 0 Å². The number of hydrogen-bond acceptors (Lipinski definition) is 4. The Bertz CT molecular complexity index is 361. The lowest BCUT2D eigenvalue weighted by Gasteiger charge is -2.13. The Hall–Kier alpha value is -0.610. The number of aliphatic imine (C=N–C) groups is 1. The lowest BCUT2D eigenvalue weighted by Crippen LogP contribution is -2.42. The van der Waals surface area contributed by atoms with E-state index >= 15 is 0 Å². The Morgan fingerprint density at radius 3 is 2.58 bits per heavy atom. The van der Waals surface area contributed by atoms with Crippen LogP contribution in [0, 0.1) is 11.8 Å². The summed E-state index contributed by atoms with van der Waals surface area (Å²) < 4.78 is 11.0. The molecule has 1 heterocycles. The van der Waals surface area contributed by atoms with E-state index in [1.807, 2.05) is 13.8 Å². The van der Waals surface area contributed by atoms with Crippen molar-refractivity contribution < 1.29 is 14.3 Å². The normalized spacial score (nSPS) is 17.5. The predicted octanol–water partition coefficient (Wildman–Crippen LogP) is 0.985. The van der Waals surface area contributed by atoms with Gasteiger partial charge in [0.1, 0.15) is 0 Å². The van der Waals surface area contributed by atoms with Crippen molar-refractivity contribution in [3.05, 3.63) is 0 Å². The Labute approximate surface area is 162 Å². The minimum Gasteiger partial charge on any atom is -0.381 e. The molecule has 0 spiro atoms. The maximum Gasteiger partial charge on any atom is 0.222 e. The monoisotopic (exact) mass is 456 g/mol. The first-order valence-electron chi connectivity index (χ1n) is 8.51. The fraction of sp³-hybridized carbons (Fsp3) is 0.875. The van der Waals surface area contributed by atoms with Crippen molar-refractivity contribution in [2.24, 2.45) is 16.8 Å². The van der Waals surface area contributed by atoms with Crippen LogP contribution < -0.4 is 16.0 Å². The molecule has 0 aromatic rings. The van der Waals surface area contributed by atoms with Gasteiger partial charge in [0.2, 0.25) is 5.91 Å². The second kappa shape index (κ2) is 14.7. The first kappa shape index (κ1) is 23.4. The number of carbonyl (C=O) groups excluding carboxylic acids is 1. The van der Waals surface area contributed by atoms with E-state index in [2.05, 4.69) is 20.9 Å². The number of nitrogens with one attached hydrogen (secondary N) is 3. The van der Waals surface area contributed by atoms with Gasteiger partial charge in [0, 0.05) is 51.7 Å². The molecule has 1 amide bonds. The Kier molecular flexibility index (Phi) is 14.3. The number of nitrogens with zero attached hydrogens (tertiary/aromatic N) is 1. The summed E-state index contributed by atoms with van der Waals surface area (Å²) in [6, 6.07) is 0. The van der Waals surface area contributed by atoms with Gasteiger partial charge in [-0.3, -0.25) is 9.79 Å². The van der Waals surface area contributed by atoms with Crippen molar-refractivity contribution >= 4 is 35.8 Å². The van der Waals surface area contributed by atoms with Crippen molar-refractivity contribution in [1.29, 1.82) is 0 Å². The topological polar surface area (TPSA) is 84.0 Å². The molecule has 0 aromatic heterocycles. The highest BCUT2D eigenvalue weighted by atomic mass is 127. The second-order valence-corrected chi connectivity index (χ2v) is 6.03. The summed E-state index contributed by atoms with van der Waals surface area (Å²) in [4.78, 5) is 15.6. The molecule has 7 nitrogen and oxygen atoms in total. The molecule has 0 aliphatic carbocycles. The molecular formula is C16H33IN4O3. The van der Waals surface area contributed by atoms with E-state index in [9.17, 15) is 4.79 Å². The number of halogens is 1. The van der Waals surface area contributed by atoms with Crippen LogP contribution in [0.1, 0.15) is 26.7 Å². The lowest BCUT2D eigenvalue weighted by molar-refractivity contribution is -0.123. The summed E-state index contributed by atoms with van der Waals surface area (Å²) in [5, 5.41) is 9.25. The molecule has 1 unspecified atom stereocenters. The van der Waals surface area contributed by atoms with E-state index in [4.69, 9.17) is 9.47 Å². The lowest BCUT2D eigenvalue weighted by atomic mass is 10.1. The first-order valence-corrected chi connectivity index (χ1v) is 8.51. The average molecular weight is 456 g/mol. The van der Waals surface area contributed by atoms with Crippen molar-refractivity contribution in [2.75, 3.05) is 53.1 Å². The SMILES string of the molecule is CN=C(NCCCOCC1CCOC1)NCCNC(=O)C(C)C.I. The smallest absolute Gasteiger partial charge is 0.222 e. The van der Waals surface area contributed by atoms with Gasteiger partial charge in [0.05, 0.1) is 13.2 Å². The van der Waals surface area contributed by atoms with Gasteiger partial charge in [-0.15, -0.1) is 24.0 Å². The Morgan fingerprint density at radius 2 is 1.96 bits per heavy atom. The van der Waals surface area contributed by atoms with E-state index in [-0.39, 0.29) is 35.8 Å². The van der Waals surface area contributed by atoms with Crippen molar-refractivity contribution in [1.82, 2.24) is 16.0 Å². The van der Waals surface area contributed by atoms with E-state index in [1.54, 1.807) is 7.05 Å². The zero-order chi connectivity index (χ0) is 16.9. The third-order valence-electron chi connectivity index (χ3n) is 3.60. The third-order valence-corrected chi connectivity index (χ3v) is 3.60. The summed E-state index contributed by atoms with van der Waals surface area (Å²) >= 11 is 0. The van der Waals surface area contributed by atoms with Gasteiger partial charge in [-0.1, -0.05) is 13.8 Å². The van der Waals surface area contributed by atoms with Crippen molar-refractivity contribution in [3.63, 3.8) is 0 Å². The molecule has 8 heteroatoms. The minimum atomic E-state index is 0. The van der Waals surface area contributed by atoms with Gasteiger partial charge < -0.3 is 25.4 Å². The van der Waals surface area contributed by atoms with Crippen LogP contribution >= 0.6 is 24.0 Å². The number of rotatable bonds is 10. The van der Waals surface area contributed by atoms with Crippen LogP contribution in [0.3, 0.4) is 0 Å². The molecule has 1 aliphatic heterocycles. The van der Waals surface area contributed by atoms with Crippen LogP contribution in [0.15, 0.2) is 4.99 Å². The van der Waals surface area contributed by atoms with Crippen LogP contribution in [0.2, 0.25) is 0 Å². The molecule has 142 valence electrons. The van der Waals surface area contributed by atoms with Gasteiger partial charge in [-0.25, -0.2) is 0 Å². The predicted molar refractivity (Wildman–Crippen MR) is 107 cm³/mol. The van der Waals surface area contributed by atoms with Crippen molar-refractivity contribution in [3.8, 4) is 0 Å². The molecule has 3 N–H and O–H groups in total. The summed E-state index contributed by atoms with van der Waals surface area (Å²) in [5.41, 5.74) is 0. The van der Waals surface area contributed by atoms with Gasteiger partial charge in [-0.2, -0.15) is 0 Å². The van der Waals surface area contributed by atoms with Crippen LogP contribution in [0.4, 0.5) is 0 Å². The highest BCUT2D eigenvalue weighted by molar-refractivity contribution is 14.0. The molecule has 1 fully saturated rings. The van der Waals surface area contributed by atoms with Crippen LogP contribution in [-0.2, 0) is 14.3 Å².